The summed E-state index contributed by atoms with van der Waals surface area (Å²) in [6.07, 6.45) is 0. The van der Waals surface area contributed by atoms with Crippen molar-refractivity contribution in [2.75, 3.05) is 20.3 Å². The number of esters is 1. The first kappa shape index (κ1) is 8.99. The lowest BCUT2D eigenvalue weighted by Crippen LogP contribution is -2.09. The molecule has 0 aliphatic carbocycles. The maximum atomic E-state index is 10.4. The second-order valence-electron chi connectivity index (χ2n) is 1.50. The van der Waals surface area contributed by atoms with Crippen molar-refractivity contribution in [3.05, 3.63) is 0 Å². The fraction of sp³-hybridized carbons (Fsp3) is 0.571. The van der Waals surface area contributed by atoms with Crippen molar-refractivity contribution in [2.45, 2.75) is 6.92 Å². The molecule has 0 fully saturated rings. The maximum absolute atomic E-state index is 10.4. The highest BCUT2D eigenvalue weighted by atomic mass is 16.6. The molecular weight excluding hydrogens is 132 g/mol. The van der Waals surface area contributed by atoms with E-state index in [2.05, 4.69) is 16.6 Å². The number of hydrogen-bond acceptors (Lipinski definition) is 3. The molecule has 0 saturated heterocycles. The second-order valence-corrected chi connectivity index (χ2v) is 1.50. The van der Waals surface area contributed by atoms with Crippen LogP contribution in [0.5, 0.6) is 0 Å². The molecule has 0 aromatic heterocycles. The van der Waals surface area contributed by atoms with Crippen LogP contribution >= 0.6 is 0 Å². The summed E-state index contributed by atoms with van der Waals surface area (Å²) in [6, 6.07) is 0. The molecule has 0 aliphatic rings. The predicted octanol–water partition coefficient (Wildman–Crippen LogP) is 0.199. The molecule has 0 radical (unpaired) electrons. The summed E-state index contributed by atoms with van der Waals surface area (Å²) in [5.74, 6) is 4.90. The van der Waals surface area contributed by atoms with E-state index in [4.69, 9.17) is 4.74 Å². The molecule has 0 amide bonds. The third-order valence-corrected chi connectivity index (χ3v) is 0.799. The zero-order valence-electron chi connectivity index (χ0n) is 6.14. The molecule has 3 heteroatoms. The topological polar surface area (TPSA) is 35.5 Å². The lowest BCUT2D eigenvalue weighted by Gasteiger charge is -1.96. The molecule has 0 atom stereocenters. The zero-order chi connectivity index (χ0) is 7.82. The molecule has 0 aromatic rings. The van der Waals surface area contributed by atoms with Gasteiger partial charge in [0, 0.05) is 0 Å². The predicted molar refractivity (Wildman–Crippen MR) is 36.3 cm³/mol. The lowest BCUT2D eigenvalue weighted by molar-refractivity contribution is -0.145. The van der Waals surface area contributed by atoms with Gasteiger partial charge in [-0.1, -0.05) is 5.92 Å². The Balaban J connectivity index is 3.17. The van der Waals surface area contributed by atoms with E-state index in [1.165, 1.54) is 7.11 Å². The van der Waals surface area contributed by atoms with Gasteiger partial charge in [-0.05, 0) is 6.92 Å². The second kappa shape index (κ2) is 6.12. The van der Waals surface area contributed by atoms with E-state index >= 15 is 0 Å². The molecule has 3 nitrogen and oxygen atoms in total. The zero-order valence-corrected chi connectivity index (χ0v) is 6.14. The molecule has 0 aromatic carbocycles. The Hall–Kier alpha value is -1.01. The molecule has 0 saturated carbocycles. The molecule has 0 spiro atoms. The van der Waals surface area contributed by atoms with Gasteiger partial charge in [-0.25, -0.2) is 4.79 Å². The van der Waals surface area contributed by atoms with Gasteiger partial charge in [0.05, 0.1) is 7.11 Å². The maximum Gasteiger partial charge on any atom is 0.331 e. The van der Waals surface area contributed by atoms with E-state index in [9.17, 15) is 4.79 Å². The minimum atomic E-state index is -0.377. The number of rotatable bonds is 3. The van der Waals surface area contributed by atoms with Gasteiger partial charge in [-0.15, -0.1) is 5.92 Å². The van der Waals surface area contributed by atoms with E-state index in [0.717, 1.165) is 0 Å². The Morgan fingerprint density at radius 3 is 2.80 bits per heavy atom. The molecule has 0 unspecified atom stereocenters. The average molecular weight is 142 g/mol. The summed E-state index contributed by atoms with van der Waals surface area (Å²) in [6.45, 7) is 1.97. The molecule has 10 heavy (non-hydrogen) atoms. The van der Waals surface area contributed by atoms with Crippen LogP contribution in [0.1, 0.15) is 6.92 Å². The lowest BCUT2D eigenvalue weighted by atomic mass is 10.6. The van der Waals surface area contributed by atoms with Crippen LogP contribution in [0, 0.1) is 11.8 Å². The summed E-state index contributed by atoms with van der Waals surface area (Å²) in [5, 5.41) is 0. The average Bonchev–Trinajstić information content (AvgIpc) is 1.98. The van der Waals surface area contributed by atoms with Gasteiger partial charge in [0.2, 0.25) is 0 Å². The van der Waals surface area contributed by atoms with Gasteiger partial charge in [0.15, 0.2) is 0 Å². The molecule has 0 rings (SSSR count). The van der Waals surface area contributed by atoms with Crippen LogP contribution in [-0.2, 0) is 14.3 Å². The van der Waals surface area contributed by atoms with Crippen molar-refractivity contribution in [3.8, 4) is 11.8 Å². The Labute approximate surface area is 60.3 Å². The number of methoxy groups -OCH3 is 1. The Kier molecular flexibility index (Phi) is 5.50. The van der Waals surface area contributed by atoms with Gasteiger partial charge >= 0.3 is 5.97 Å². The number of ether oxygens (including phenoxy) is 2. The van der Waals surface area contributed by atoms with Crippen LogP contribution in [0.4, 0.5) is 0 Å². The highest BCUT2D eigenvalue weighted by molar-refractivity contribution is 5.70. The van der Waals surface area contributed by atoms with Crippen molar-refractivity contribution in [1.29, 1.82) is 0 Å². The molecular formula is C7H10O3. The van der Waals surface area contributed by atoms with E-state index in [-0.39, 0.29) is 19.2 Å². The van der Waals surface area contributed by atoms with Gasteiger partial charge < -0.3 is 9.47 Å². The van der Waals surface area contributed by atoms with Gasteiger partial charge in [-0.3, -0.25) is 0 Å². The first-order valence-electron chi connectivity index (χ1n) is 2.85. The standard InChI is InChI=1S/C7H10O3/c1-3-4-5-10-6-7(8)9-2/h5-6H2,1-2H3. The Morgan fingerprint density at radius 2 is 2.30 bits per heavy atom. The van der Waals surface area contributed by atoms with Crippen LogP contribution in [-0.4, -0.2) is 26.3 Å². The third kappa shape index (κ3) is 5.13. The van der Waals surface area contributed by atoms with E-state index in [0.29, 0.717) is 0 Å². The van der Waals surface area contributed by atoms with Gasteiger partial charge in [0.25, 0.3) is 0 Å². The summed E-state index contributed by atoms with van der Waals surface area (Å²) >= 11 is 0. The largest absolute Gasteiger partial charge is 0.467 e. The smallest absolute Gasteiger partial charge is 0.331 e. The SMILES string of the molecule is CC#CCOCC(=O)OC. The molecule has 0 bridgehead atoms. The third-order valence-electron chi connectivity index (χ3n) is 0.799. The first-order valence-corrected chi connectivity index (χ1v) is 2.85. The Morgan fingerprint density at radius 1 is 1.60 bits per heavy atom. The minimum Gasteiger partial charge on any atom is -0.467 e. The van der Waals surface area contributed by atoms with Crippen molar-refractivity contribution < 1.29 is 14.3 Å². The normalized spacial score (nSPS) is 7.80. The van der Waals surface area contributed by atoms with Crippen molar-refractivity contribution in [1.82, 2.24) is 0 Å². The fourth-order valence-electron chi connectivity index (χ4n) is 0.316. The van der Waals surface area contributed by atoms with E-state index in [1.807, 2.05) is 0 Å². The van der Waals surface area contributed by atoms with Crippen LogP contribution in [0.2, 0.25) is 0 Å². The highest BCUT2D eigenvalue weighted by Gasteiger charge is 1.96. The summed E-state index contributed by atoms with van der Waals surface area (Å²) < 4.78 is 9.10. The van der Waals surface area contributed by atoms with Crippen molar-refractivity contribution in [3.63, 3.8) is 0 Å². The minimum absolute atomic E-state index is 0.0226. The summed E-state index contributed by atoms with van der Waals surface area (Å²) in [7, 11) is 1.32. The van der Waals surface area contributed by atoms with Gasteiger partial charge in [0.1, 0.15) is 13.2 Å². The quantitative estimate of drug-likeness (QED) is 0.321. The van der Waals surface area contributed by atoms with Gasteiger partial charge in [-0.2, -0.15) is 0 Å². The summed E-state index contributed by atoms with van der Waals surface area (Å²) in [5.41, 5.74) is 0. The number of hydrogen-bond donors (Lipinski definition) is 0. The molecule has 56 valence electrons. The van der Waals surface area contributed by atoms with E-state index < -0.39 is 0 Å². The number of carbonyl (C=O) groups is 1. The van der Waals surface area contributed by atoms with Crippen LogP contribution in [0.15, 0.2) is 0 Å². The number of carbonyl (C=O) groups excluding carboxylic acids is 1. The Bertz CT molecular complexity index is 152. The summed E-state index contributed by atoms with van der Waals surface area (Å²) in [4.78, 5) is 10.4. The van der Waals surface area contributed by atoms with Crippen molar-refractivity contribution >= 4 is 5.97 Å². The van der Waals surface area contributed by atoms with Crippen LogP contribution < -0.4 is 0 Å². The molecule has 0 heterocycles. The van der Waals surface area contributed by atoms with E-state index in [1.54, 1.807) is 6.92 Å². The first-order chi connectivity index (χ1) is 4.81. The fourth-order valence-corrected chi connectivity index (χ4v) is 0.316. The molecule has 0 aliphatic heterocycles. The van der Waals surface area contributed by atoms with Crippen LogP contribution in [0.3, 0.4) is 0 Å². The monoisotopic (exact) mass is 142 g/mol. The van der Waals surface area contributed by atoms with Crippen LogP contribution in [0.25, 0.3) is 0 Å². The highest BCUT2D eigenvalue weighted by Crippen LogP contribution is 1.76. The molecule has 0 N–H and O–H groups in total. The van der Waals surface area contributed by atoms with Crippen molar-refractivity contribution in [2.24, 2.45) is 0 Å².